The Morgan fingerprint density at radius 2 is 2.12 bits per heavy atom. The Kier molecular flexibility index (Phi) is 5.66. The first-order valence-electron chi connectivity index (χ1n) is 7.17. The number of aromatic amines is 1. The minimum Gasteiger partial charge on any atom is -0.506 e. The molecule has 0 aliphatic heterocycles. The fourth-order valence-electron chi connectivity index (χ4n) is 2.01. The molecule has 0 saturated carbocycles. The first kappa shape index (κ1) is 18.5. The summed E-state index contributed by atoms with van der Waals surface area (Å²) in [5, 5.41) is 10.2. The summed E-state index contributed by atoms with van der Waals surface area (Å²) in [4.78, 5) is 26.7. The zero-order chi connectivity index (χ0) is 18.0. The van der Waals surface area contributed by atoms with Crippen LogP contribution in [0.1, 0.15) is 31.1 Å². The number of H-pyrrole nitrogens is 1. The summed E-state index contributed by atoms with van der Waals surface area (Å²) in [7, 11) is 0. The van der Waals surface area contributed by atoms with E-state index < -0.39 is 22.8 Å². The van der Waals surface area contributed by atoms with E-state index >= 15 is 0 Å². The number of benzene rings is 1. The number of ether oxygens (including phenoxy) is 1. The van der Waals surface area contributed by atoms with Crippen molar-refractivity contribution in [1.29, 1.82) is 0 Å². The molecule has 0 fully saturated rings. The first-order chi connectivity index (χ1) is 11.3. The molecule has 5 nitrogen and oxygen atoms in total. The fraction of sp³-hybridized carbons (Fsp3) is 0.312. The molecule has 1 aromatic carbocycles. The average Bonchev–Trinajstić information content (AvgIpc) is 2.49. The van der Waals surface area contributed by atoms with Crippen LogP contribution < -0.4 is 4.98 Å². The third-order valence-corrected chi connectivity index (χ3v) is 4.89. The van der Waals surface area contributed by atoms with Crippen LogP contribution in [0.2, 0.25) is 5.02 Å². The number of rotatable bonds is 5. The van der Waals surface area contributed by atoms with E-state index in [1.54, 1.807) is 13.8 Å². The molecule has 1 unspecified atom stereocenters. The molecule has 0 bridgehead atoms. The molecule has 128 valence electrons. The number of esters is 1. The summed E-state index contributed by atoms with van der Waals surface area (Å²) in [6.45, 7) is 4.84. The number of aromatic nitrogens is 1. The van der Waals surface area contributed by atoms with Gasteiger partial charge in [-0.3, -0.25) is 4.79 Å². The Bertz CT molecular complexity index is 828. The highest BCUT2D eigenvalue weighted by Crippen LogP contribution is 2.36. The molecular formula is C16H16ClFNO4S+. The molecule has 1 aromatic heterocycles. The zero-order valence-corrected chi connectivity index (χ0v) is 14.8. The van der Waals surface area contributed by atoms with E-state index in [1.165, 1.54) is 13.0 Å². The van der Waals surface area contributed by atoms with Crippen molar-refractivity contribution in [3.05, 3.63) is 28.5 Å². The highest BCUT2D eigenvalue weighted by molar-refractivity contribution is 8.00. The SMILES string of the molecule is CCOC(=O)c1c(SC(C)C(C)=O)[nH+]c2cc(Cl)c(F)cc2c1O. The highest BCUT2D eigenvalue weighted by Gasteiger charge is 2.30. The second kappa shape index (κ2) is 7.36. The highest BCUT2D eigenvalue weighted by atomic mass is 35.5. The van der Waals surface area contributed by atoms with E-state index in [9.17, 15) is 19.1 Å². The van der Waals surface area contributed by atoms with Gasteiger partial charge in [0, 0.05) is 6.07 Å². The monoisotopic (exact) mass is 372 g/mol. The number of hydrogen-bond donors (Lipinski definition) is 1. The van der Waals surface area contributed by atoms with Crippen molar-refractivity contribution in [2.45, 2.75) is 31.0 Å². The normalized spacial score (nSPS) is 12.2. The molecular weight excluding hydrogens is 357 g/mol. The molecule has 1 heterocycles. The van der Waals surface area contributed by atoms with Gasteiger partial charge in [-0.25, -0.2) is 9.18 Å². The Hall–Kier alpha value is -1.86. The third kappa shape index (κ3) is 3.62. The predicted octanol–water partition coefficient (Wildman–Crippen LogP) is 3.40. The zero-order valence-electron chi connectivity index (χ0n) is 13.3. The second-order valence-corrected chi connectivity index (χ2v) is 6.84. The quantitative estimate of drug-likeness (QED) is 0.643. The lowest BCUT2D eigenvalue weighted by atomic mass is 10.1. The maximum atomic E-state index is 13.7. The maximum Gasteiger partial charge on any atom is 0.349 e. The number of carbonyl (C=O) groups is 2. The van der Waals surface area contributed by atoms with Gasteiger partial charge >= 0.3 is 5.97 Å². The maximum absolute atomic E-state index is 13.7. The van der Waals surface area contributed by atoms with Gasteiger partial charge in [-0.15, -0.1) is 0 Å². The van der Waals surface area contributed by atoms with Crippen molar-refractivity contribution in [3.8, 4) is 5.75 Å². The van der Waals surface area contributed by atoms with Gasteiger partial charge in [0.15, 0.2) is 11.3 Å². The van der Waals surface area contributed by atoms with Crippen molar-refractivity contribution in [3.63, 3.8) is 0 Å². The van der Waals surface area contributed by atoms with Crippen molar-refractivity contribution in [2.24, 2.45) is 0 Å². The van der Waals surface area contributed by atoms with Crippen LogP contribution in [0.25, 0.3) is 10.9 Å². The summed E-state index contributed by atoms with van der Waals surface area (Å²) in [5.74, 6) is -2.00. The molecule has 0 saturated heterocycles. The summed E-state index contributed by atoms with van der Waals surface area (Å²) in [6, 6.07) is 2.35. The number of aromatic hydroxyl groups is 1. The first-order valence-corrected chi connectivity index (χ1v) is 8.43. The molecule has 8 heteroatoms. The Morgan fingerprint density at radius 1 is 1.46 bits per heavy atom. The van der Waals surface area contributed by atoms with Crippen molar-refractivity contribution >= 4 is 46.0 Å². The lowest BCUT2D eigenvalue weighted by Crippen LogP contribution is -2.20. The van der Waals surface area contributed by atoms with Gasteiger partial charge in [-0.2, -0.15) is 4.98 Å². The van der Waals surface area contributed by atoms with E-state index in [0.29, 0.717) is 5.52 Å². The van der Waals surface area contributed by atoms with Gasteiger partial charge in [0.2, 0.25) is 5.52 Å². The van der Waals surface area contributed by atoms with Crippen LogP contribution in [0.5, 0.6) is 5.75 Å². The molecule has 0 radical (unpaired) electrons. The number of fused-ring (bicyclic) bond motifs is 1. The minimum atomic E-state index is -0.762. The van der Waals surface area contributed by atoms with Crippen LogP contribution in [0.4, 0.5) is 4.39 Å². The molecule has 2 N–H and O–H groups in total. The number of hydrogen-bond acceptors (Lipinski definition) is 5. The van der Waals surface area contributed by atoms with Crippen LogP contribution >= 0.6 is 23.4 Å². The van der Waals surface area contributed by atoms with Crippen LogP contribution in [0, 0.1) is 5.82 Å². The molecule has 0 spiro atoms. The van der Waals surface area contributed by atoms with Crippen LogP contribution in [0.3, 0.4) is 0 Å². The van der Waals surface area contributed by atoms with Gasteiger partial charge < -0.3 is 9.84 Å². The van der Waals surface area contributed by atoms with Crippen molar-refractivity contribution in [1.82, 2.24) is 0 Å². The lowest BCUT2D eigenvalue weighted by Gasteiger charge is -2.10. The Morgan fingerprint density at radius 3 is 2.71 bits per heavy atom. The molecule has 2 aromatic rings. The number of pyridine rings is 1. The van der Waals surface area contributed by atoms with Crippen molar-refractivity contribution in [2.75, 3.05) is 6.61 Å². The van der Waals surface area contributed by atoms with Gasteiger partial charge in [0.25, 0.3) is 5.03 Å². The number of carbonyl (C=O) groups excluding carboxylic acids is 2. The Balaban J connectivity index is 2.72. The van der Waals surface area contributed by atoms with Crippen LogP contribution in [-0.4, -0.2) is 28.7 Å². The van der Waals surface area contributed by atoms with Gasteiger partial charge in [0.1, 0.15) is 11.6 Å². The van der Waals surface area contributed by atoms with E-state index in [4.69, 9.17) is 16.3 Å². The number of thioether (sulfide) groups is 1. The van der Waals surface area contributed by atoms with E-state index in [2.05, 4.69) is 4.98 Å². The van der Waals surface area contributed by atoms with Gasteiger partial charge in [-0.05, 0) is 38.6 Å². The minimum absolute atomic E-state index is 0.0970. The number of halogens is 2. The summed E-state index contributed by atoms with van der Waals surface area (Å²) in [6.07, 6.45) is 0. The summed E-state index contributed by atoms with van der Waals surface area (Å²) in [5.41, 5.74) is 0.203. The average molecular weight is 373 g/mol. The topological polar surface area (TPSA) is 77.7 Å². The van der Waals surface area contributed by atoms with Crippen molar-refractivity contribution < 1.29 is 28.8 Å². The molecule has 2 rings (SSSR count). The number of ketones is 1. The molecule has 0 aliphatic rings. The van der Waals surface area contributed by atoms with Crippen LogP contribution in [-0.2, 0) is 9.53 Å². The molecule has 1 atom stereocenters. The van der Waals surface area contributed by atoms with E-state index in [1.807, 2.05) is 0 Å². The number of nitrogens with one attached hydrogen (secondary N) is 1. The van der Waals surface area contributed by atoms with E-state index in [0.717, 1.165) is 17.8 Å². The lowest BCUT2D eigenvalue weighted by molar-refractivity contribution is -0.395. The fourth-order valence-corrected chi connectivity index (χ4v) is 3.16. The second-order valence-electron chi connectivity index (χ2n) is 5.08. The van der Waals surface area contributed by atoms with Crippen LogP contribution in [0.15, 0.2) is 17.2 Å². The van der Waals surface area contributed by atoms with Gasteiger partial charge in [-0.1, -0.05) is 11.6 Å². The molecule has 0 aliphatic carbocycles. The molecule has 24 heavy (non-hydrogen) atoms. The predicted molar refractivity (Wildman–Crippen MR) is 89.1 cm³/mol. The summed E-state index contributed by atoms with van der Waals surface area (Å²) >= 11 is 6.84. The Labute approximate surface area is 147 Å². The smallest absolute Gasteiger partial charge is 0.349 e. The third-order valence-electron chi connectivity index (χ3n) is 3.37. The van der Waals surface area contributed by atoms with E-state index in [-0.39, 0.29) is 33.4 Å². The summed E-state index contributed by atoms with van der Waals surface area (Å²) < 4.78 is 18.7. The largest absolute Gasteiger partial charge is 0.506 e. The van der Waals surface area contributed by atoms with Gasteiger partial charge in [0.05, 0.1) is 22.3 Å². The standard InChI is InChI=1S/C16H15ClFNO4S/c1-4-23-16(22)13-14(21)9-5-11(18)10(17)6-12(9)19-15(13)24-8(3)7(2)20/h5-6,8H,4H2,1-3H3,(H,19,21)/p+1. The number of Topliss-reactive ketones (excluding diaryl/α,β-unsaturated/α-hetero) is 1. The molecule has 0 amide bonds.